The van der Waals surface area contributed by atoms with Gasteiger partial charge in [0.15, 0.2) is 5.11 Å². The molecule has 2 aromatic carbocycles. The number of hydrogen-bond acceptors (Lipinski definition) is 1. The second kappa shape index (κ2) is 8.83. The van der Waals surface area contributed by atoms with Gasteiger partial charge >= 0.3 is 0 Å². The van der Waals surface area contributed by atoms with E-state index in [1.807, 2.05) is 37.3 Å². The van der Waals surface area contributed by atoms with Gasteiger partial charge in [0.05, 0.1) is 0 Å². The smallest absolute Gasteiger partial charge is 0.173 e. The molecule has 0 radical (unpaired) electrons. The molecule has 0 bridgehead atoms. The van der Waals surface area contributed by atoms with Crippen molar-refractivity contribution in [2.45, 2.75) is 51.6 Å². The number of anilines is 1. The lowest BCUT2D eigenvalue weighted by atomic mass is 9.94. The van der Waals surface area contributed by atoms with Gasteiger partial charge in [0.1, 0.15) is 5.82 Å². The van der Waals surface area contributed by atoms with E-state index in [0.717, 1.165) is 29.1 Å². The molecule has 3 rings (SSSR count). The molecule has 0 spiro atoms. The molecule has 1 aliphatic rings. The standard InChI is InChI=1S/C21H24ClFN2S/c1-15-13-17(11-12-19(15)22)24-21(26)25(18-8-3-2-4-9-18)14-16-7-5-6-10-20(16)23/h5-7,10-13,18H,2-4,8-9,14H2,1H3,(H,24,26). The number of hydrogen-bond donors (Lipinski definition) is 1. The summed E-state index contributed by atoms with van der Waals surface area (Å²) in [4.78, 5) is 2.15. The van der Waals surface area contributed by atoms with Crippen molar-refractivity contribution < 1.29 is 4.39 Å². The van der Waals surface area contributed by atoms with E-state index in [1.165, 1.54) is 25.3 Å². The second-order valence-electron chi connectivity index (χ2n) is 6.91. The normalized spacial score (nSPS) is 14.9. The van der Waals surface area contributed by atoms with Gasteiger partial charge in [-0.2, -0.15) is 0 Å². The SMILES string of the molecule is Cc1cc(NC(=S)N(Cc2ccccc2F)C2CCCCC2)ccc1Cl. The van der Waals surface area contributed by atoms with Crippen molar-refractivity contribution >= 4 is 34.6 Å². The van der Waals surface area contributed by atoms with Crippen molar-refractivity contribution in [1.82, 2.24) is 4.90 Å². The highest BCUT2D eigenvalue weighted by Crippen LogP contribution is 2.26. The van der Waals surface area contributed by atoms with Gasteiger partial charge in [-0.05, 0) is 61.8 Å². The number of halogens is 2. The highest BCUT2D eigenvalue weighted by molar-refractivity contribution is 7.80. The molecule has 2 nitrogen and oxygen atoms in total. The van der Waals surface area contributed by atoms with Gasteiger partial charge < -0.3 is 10.2 Å². The Morgan fingerprint density at radius 1 is 1.19 bits per heavy atom. The van der Waals surface area contributed by atoms with Crippen molar-refractivity contribution in [2.75, 3.05) is 5.32 Å². The minimum atomic E-state index is -0.182. The number of nitrogens with one attached hydrogen (secondary N) is 1. The van der Waals surface area contributed by atoms with E-state index in [1.54, 1.807) is 6.07 Å². The van der Waals surface area contributed by atoms with Gasteiger partial charge in [-0.1, -0.05) is 49.1 Å². The molecule has 138 valence electrons. The maximum Gasteiger partial charge on any atom is 0.173 e. The summed E-state index contributed by atoms with van der Waals surface area (Å²) in [5.74, 6) is -0.182. The first-order valence-electron chi connectivity index (χ1n) is 9.12. The minimum absolute atomic E-state index is 0.182. The molecule has 0 atom stereocenters. The molecular weight excluding hydrogens is 367 g/mol. The summed E-state index contributed by atoms with van der Waals surface area (Å²) in [6.07, 6.45) is 5.84. The highest BCUT2D eigenvalue weighted by atomic mass is 35.5. The second-order valence-corrected chi connectivity index (χ2v) is 7.70. The summed E-state index contributed by atoms with van der Waals surface area (Å²) < 4.78 is 14.2. The number of thiocarbonyl (C=S) groups is 1. The molecule has 0 heterocycles. The topological polar surface area (TPSA) is 15.3 Å². The average molecular weight is 391 g/mol. The Kier molecular flexibility index (Phi) is 6.49. The maximum absolute atomic E-state index is 14.2. The third-order valence-corrected chi connectivity index (χ3v) is 5.74. The van der Waals surface area contributed by atoms with Crippen LogP contribution in [0.3, 0.4) is 0 Å². The van der Waals surface area contributed by atoms with E-state index < -0.39 is 0 Å². The summed E-state index contributed by atoms with van der Waals surface area (Å²) >= 11 is 11.8. The Labute approximate surface area is 165 Å². The quantitative estimate of drug-likeness (QED) is 0.615. The molecular formula is C21H24ClFN2S. The molecule has 1 N–H and O–H groups in total. The Balaban J connectivity index is 1.80. The van der Waals surface area contributed by atoms with E-state index in [9.17, 15) is 4.39 Å². The fraction of sp³-hybridized carbons (Fsp3) is 0.381. The summed E-state index contributed by atoms with van der Waals surface area (Å²) in [5.41, 5.74) is 2.58. The van der Waals surface area contributed by atoms with Crippen LogP contribution in [0.1, 0.15) is 43.2 Å². The maximum atomic E-state index is 14.2. The first-order chi connectivity index (χ1) is 12.5. The first kappa shape index (κ1) is 19.1. The molecule has 0 aromatic heterocycles. The van der Waals surface area contributed by atoms with Crippen LogP contribution in [0.25, 0.3) is 0 Å². The lowest BCUT2D eigenvalue weighted by molar-refractivity contribution is 0.238. The fourth-order valence-electron chi connectivity index (χ4n) is 3.49. The lowest BCUT2D eigenvalue weighted by Crippen LogP contribution is -2.43. The zero-order valence-electron chi connectivity index (χ0n) is 15.0. The zero-order valence-corrected chi connectivity index (χ0v) is 16.5. The van der Waals surface area contributed by atoms with E-state index >= 15 is 0 Å². The van der Waals surface area contributed by atoms with E-state index in [2.05, 4.69) is 10.2 Å². The predicted molar refractivity (Wildman–Crippen MR) is 111 cm³/mol. The third kappa shape index (κ3) is 4.74. The van der Waals surface area contributed by atoms with Crippen LogP contribution < -0.4 is 5.32 Å². The van der Waals surface area contributed by atoms with Gasteiger partial charge in [-0.15, -0.1) is 0 Å². The van der Waals surface area contributed by atoms with Gasteiger partial charge in [0.25, 0.3) is 0 Å². The third-order valence-electron chi connectivity index (χ3n) is 4.98. The molecule has 26 heavy (non-hydrogen) atoms. The molecule has 0 unspecified atom stereocenters. The van der Waals surface area contributed by atoms with Gasteiger partial charge in [0.2, 0.25) is 0 Å². The molecule has 0 aliphatic heterocycles. The predicted octanol–water partition coefficient (Wildman–Crippen LogP) is 6.32. The Morgan fingerprint density at radius 2 is 1.92 bits per heavy atom. The first-order valence-corrected chi connectivity index (χ1v) is 9.90. The van der Waals surface area contributed by atoms with Crippen molar-refractivity contribution in [3.8, 4) is 0 Å². The zero-order chi connectivity index (χ0) is 18.5. The Morgan fingerprint density at radius 3 is 2.62 bits per heavy atom. The number of nitrogens with zero attached hydrogens (tertiary/aromatic N) is 1. The number of aryl methyl sites for hydroxylation is 1. The Bertz CT molecular complexity index is 774. The van der Waals surface area contributed by atoms with Crippen LogP contribution in [0.15, 0.2) is 42.5 Å². The van der Waals surface area contributed by atoms with Crippen molar-refractivity contribution in [2.24, 2.45) is 0 Å². The summed E-state index contributed by atoms with van der Waals surface area (Å²) in [6.45, 7) is 2.45. The van der Waals surface area contributed by atoms with Crippen LogP contribution in [-0.4, -0.2) is 16.1 Å². The van der Waals surface area contributed by atoms with Crippen molar-refractivity contribution in [3.63, 3.8) is 0 Å². The van der Waals surface area contributed by atoms with Gasteiger partial charge in [-0.25, -0.2) is 4.39 Å². The molecule has 2 aromatic rings. The van der Waals surface area contributed by atoms with Crippen LogP contribution in [0.5, 0.6) is 0 Å². The largest absolute Gasteiger partial charge is 0.342 e. The summed E-state index contributed by atoms with van der Waals surface area (Å²) in [6, 6.07) is 13.0. The minimum Gasteiger partial charge on any atom is -0.342 e. The van der Waals surface area contributed by atoms with Crippen LogP contribution >= 0.6 is 23.8 Å². The fourth-order valence-corrected chi connectivity index (χ4v) is 3.94. The van der Waals surface area contributed by atoms with Crippen molar-refractivity contribution in [1.29, 1.82) is 0 Å². The Hall–Kier alpha value is -1.65. The average Bonchev–Trinajstić information content (AvgIpc) is 2.64. The molecule has 0 saturated heterocycles. The monoisotopic (exact) mass is 390 g/mol. The molecule has 5 heteroatoms. The van der Waals surface area contributed by atoms with Crippen LogP contribution in [-0.2, 0) is 6.54 Å². The number of rotatable bonds is 4. The van der Waals surface area contributed by atoms with Gasteiger partial charge in [-0.3, -0.25) is 0 Å². The lowest BCUT2D eigenvalue weighted by Gasteiger charge is -2.36. The molecule has 1 fully saturated rings. The van der Waals surface area contributed by atoms with E-state index in [-0.39, 0.29) is 5.82 Å². The number of benzene rings is 2. The van der Waals surface area contributed by atoms with E-state index in [4.69, 9.17) is 23.8 Å². The van der Waals surface area contributed by atoms with Crippen LogP contribution in [0.4, 0.5) is 10.1 Å². The van der Waals surface area contributed by atoms with Crippen LogP contribution in [0, 0.1) is 12.7 Å². The van der Waals surface area contributed by atoms with Crippen molar-refractivity contribution in [3.05, 3.63) is 64.4 Å². The van der Waals surface area contributed by atoms with Crippen LogP contribution in [0.2, 0.25) is 5.02 Å². The molecule has 1 aliphatic carbocycles. The van der Waals surface area contributed by atoms with Gasteiger partial charge in [0, 0.05) is 28.9 Å². The molecule has 1 saturated carbocycles. The summed E-state index contributed by atoms with van der Waals surface area (Å²) in [7, 11) is 0. The highest BCUT2D eigenvalue weighted by Gasteiger charge is 2.24. The van der Waals surface area contributed by atoms with E-state index in [0.29, 0.717) is 23.3 Å². The molecule has 0 amide bonds. The summed E-state index contributed by atoms with van der Waals surface area (Å²) in [5, 5.41) is 4.70.